The van der Waals surface area contributed by atoms with Gasteiger partial charge in [0.15, 0.2) is 5.82 Å². The Labute approximate surface area is 113 Å². The molecule has 0 fully saturated rings. The van der Waals surface area contributed by atoms with E-state index >= 15 is 0 Å². The van der Waals surface area contributed by atoms with Crippen LogP contribution in [0.5, 0.6) is 0 Å². The van der Waals surface area contributed by atoms with Gasteiger partial charge in [-0.1, -0.05) is 17.3 Å². The molecule has 8 heteroatoms. The Morgan fingerprint density at radius 3 is 2.90 bits per heavy atom. The number of amides is 2. The van der Waals surface area contributed by atoms with Gasteiger partial charge in [0.2, 0.25) is 6.39 Å². The van der Waals surface area contributed by atoms with Gasteiger partial charge in [-0.05, 0) is 17.7 Å². The van der Waals surface area contributed by atoms with Crippen LogP contribution in [-0.2, 0) is 17.8 Å². The van der Waals surface area contributed by atoms with Gasteiger partial charge < -0.3 is 20.3 Å². The number of rotatable bonds is 5. The lowest BCUT2D eigenvalue weighted by Crippen LogP contribution is -2.28. The van der Waals surface area contributed by atoms with Gasteiger partial charge in [-0.3, -0.25) is 4.79 Å². The monoisotopic (exact) mass is 276 g/mol. The average Bonchev–Trinajstić information content (AvgIpc) is 2.89. The fraction of sp³-hybridized carbons (Fsp3) is 0.167. The molecule has 2 aromatic rings. The summed E-state index contributed by atoms with van der Waals surface area (Å²) in [6.07, 6.45) is 1.07. The van der Waals surface area contributed by atoms with E-state index in [0.717, 1.165) is 0 Å². The van der Waals surface area contributed by atoms with Gasteiger partial charge in [0.25, 0.3) is 0 Å². The number of aromatic nitrogens is 2. The molecule has 8 nitrogen and oxygen atoms in total. The molecular weight excluding hydrogens is 264 g/mol. The highest BCUT2D eigenvalue weighted by Gasteiger charge is 2.06. The Bertz CT molecular complexity index is 597. The average molecular weight is 276 g/mol. The zero-order valence-corrected chi connectivity index (χ0v) is 10.4. The highest BCUT2D eigenvalue weighted by Crippen LogP contribution is 2.11. The standard InChI is InChI=1S/C12H12N4O4/c17-11(18)5-8-2-1-3-9(4-8)15-12(19)13-6-10-14-7-20-16-10/h1-4,7H,5-6H2,(H,17,18)(H2,13,15,19). The number of anilines is 1. The highest BCUT2D eigenvalue weighted by molar-refractivity contribution is 5.89. The Morgan fingerprint density at radius 2 is 2.20 bits per heavy atom. The van der Waals surface area contributed by atoms with Crippen LogP contribution in [0.2, 0.25) is 0 Å². The molecule has 0 aliphatic heterocycles. The number of benzene rings is 1. The van der Waals surface area contributed by atoms with Crippen molar-refractivity contribution in [1.29, 1.82) is 0 Å². The molecule has 0 aliphatic carbocycles. The second-order valence-corrected chi connectivity index (χ2v) is 3.93. The molecule has 0 unspecified atom stereocenters. The SMILES string of the molecule is O=C(O)Cc1cccc(NC(=O)NCc2ncon2)c1. The number of carbonyl (C=O) groups excluding carboxylic acids is 1. The van der Waals surface area contributed by atoms with E-state index in [2.05, 4.69) is 25.3 Å². The van der Waals surface area contributed by atoms with E-state index in [1.165, 1.54) is 6.39 Å². The number of nitrogens with zero attached hydrogens (tertiary/aromatic N) is 2. The van der Waals surface area contributed by atoms with Gasteiger partial charge in [0, 0.05) is 5.69 Å². The number of hydrogen-bond donors (Lipinski definition) is 3. The minimum Gasteiger partial charge on any atom is -0.481 e. The van der Waals surface area contributed by atoms with Crippen molar-refractivity contribution in [3.63, 3.8) is 0 Å². The van der Waals surface area contributed by atoms with Crippen molar-refractivity contribution in [2.75, 3.05) is 5.32 Å². The van der Waals surface area contributed by atoms with E-state index in [0.29, 0.717) is 17.1 Å². The fourth-order valence-electron chi connectivity index (χ4n) is 1.54. The van der Waals surface area contributed by atoms with Crippen molar-refractivity contribution >= 4 is 17.7 Å². The molecule has 2 amide bonds. The van der Waals surface area contributed by atoms with Gasteiger partial charge >= 0.3 is 12.0 Å². The molecule has 104 valence electrons. The van der Waals surface area contributed by atoms with Crippen molar-refractivity contribution in [2.45, 2.75) is 13.0 Å². The summed E-state index contributed by atoms with van der Waals surface area (Å²) < 4.78 is 4.53. The van der Waals surface area contributed by atoms with Crippen molar-refractivity contribution in [3.05, 3.63) is 42.0 Å². The van der Waals surface area contributed by atoms with Crippen LogP contribution >= 0.6 is 0 Å². The molecule has 3 N–H and O–H groups in total. The van der Waals surface area contributed by atoms with E-state index in [9.17, 15) is 9.59 Å². The molecule has 0 atom stereocenters. The van der Waals surface area contributed by atoms with Crippen LogP contribution in [0.15, 0.2) is 35.2 Å². The summed E-state index contributed by atoms with van der Waals surface area (Å²) >= 11 is 0. The maximum atomic E-state index is 11.6. The van der Waals surface area contributed by atoms with Crippen LogP contribution in [0.4, 0.5) is 10.5 Å². The van der Waals surface area contributed by atoms with E-state index in [4.69, 9.17) is 5.11 Å². The van der Waals surface area contributed by atoms with Crippen LogP contribution in [0.1, 0.15) is 11.4 Å². The Morgan fingerprint density at radius 1 is 1.35 bits per heavy atom. The second-order valence-electron chi connectivity index (χ2n) is 3.93. The lowest BCUT2D eigenvalue weighted by molar-refractivity contribution is -0.136. The predicted molar refractivity (Wildman–Crippen MR) is 67.9 cm³/mol. The smallest absolute Gasteiger partial charge is 0.319 e. The zero-order chi connectivity index (χ0) is 14.4. The first-order valence-corrected chi connectivity index (χ1v) is 5.74. The Balaban J connectivity index is 1.88. The van der Waals surface area contributed by atoms with E-state index in [1.54, 1.807) is 24.3 Å². The zero-order valence-electron chi connectivity index (χ0n) is 10.4. The number of carbonyl (C=O) groups is 2. The van der Waals surface area contributed by atoms with Gasteiger partial charge in [0.05, 0.1) is 13.0 Å². The third-order valence-electron chi connectivity index (χ3n) is 2.35. The summed E-state index contributed by atoms with van der Waals surface area (Å²) in [7, 11) is 0. The molecule has 0 radical (unpaired) electrons. The molecule has 0 aliphatic rings. The largest absolute Gasteiger partial charge is 0.481 e. The van der Waals surface area contributed by atoms with Crippen molar-refractivity contribution in [3.8, 4) is 0 Å². The number of carboxylic acid groups (broad SMARTS) is 1. The molecule has 2 rings (SSSR count). The Kier molecular flexibility index (Phi) is 4.28. The van der Waals surface area contributed by atoms with Crippen LogP contribution in [0.3, 0.4) is 0 Å². The van der Waals surface area contributed by atoms with Gasteiger partial charge in [-0.15, -0.1) is 0 Å². The summed E-state index contributed by atoms with van der Waals surface area (Å²) in [5.41, 5.74) is 1.11. The van der Waals surface area contributed by atoms with Crippen molar-refractivity contribution in [1.82, 2.24) is 15.5 Å². The van der Waals surface area contributed by atoms with Crippen LogP contribution in [0, 0.1) is 0 Å². The number of hydrogen-bond acceptors (Lipinski definition) is 5. The normalized spacial score (nSPS) is 10.0. The first kappa shape index (κ1) is 13.5. The highest BCUT2D eigenvalue weighted by atomic mass is 16.5. The first-order valence-electron chi connectivity index (χ1n) is 5.74. The molecule has 0 bridgehead atoms. The fourth-order valence-corrected chi connectivity index (χ4v) is 1.54. The summed E-state index contributed by atoms with van der Waals surface area (Å²) in [5.74, 6) is -0.566. The molecule has 0 saturated heterocycles. The molecule has 0 spiro atoms. The van der Waals surface area contributed by atoms with E-state index in [1.807, 2.05) is 0 Å². The minimum absolute atomic E-state index is 0.0972. The lowest BCUT2D eigenvalue weighted by Gasteiger charge is -2.07. The Hall–Kier alpha value is -2.90. The molecule has 1 aromatic heterocycles. The topological polar surface area (TPSA) is 117 Å². The summed E-state index contributed by atoms with van der Waals surface area (Å²) in [6, 6.07) is 6.17. The quantitative estimate of drug-likeness (QED) is 0.750. The maximum absolute atomic E-state index is 11.6. The third-order valence-corrected chi connectivity index (χ3v) is 2.35. The molecule has 1 heterocycles. The lowest BCUT2D eigenvalue weighted by atomic mass is 10.1. The molecule has 0 saturated carbocycles. The second kappa shape index (κ2) is 6.32. The minimum atomic E-state index is -0.927. The van der Waals surface area contributed by atoms with Crippen molar-refractivity contribution < 1.29 is 19.2 Å². The maximum Gasteiger partial charge on any atom is 0.319 e. The summed E-state index contributed by atoms with van der Waals surface area (Å²) in [5, 5.41) is 17.4. The number of carboxylic acids is 1. The number of urea groups is 1. The van der Waals surface area contributed by atoms with Crippen LogP contribution in [0.25, 0.3) is 0 Å². The third kappa shape index (κ3) is 4.09. The van der Waals surface area contributed by atoms with Gasteiger partial charge in [0.1, 0.15) is 0 Å². The van der Waals surface area contributed by atoms with Gasteiger partial charge in [-0.2, -0.15) is 4.98 Å². The predicted octanol–water partition coefficient (Wildman–Crippen LogP) is 1.02. The van der Waals surface area contributed by atoms with Gasteiger partial charge in [-0.25, -0.2) is 4.79 Å². The summed E-state index contributed by atoms with van der Waals surface area (Å²) in [4.78, 5) is 26.0. The first-order chi connectivity index (χ1) is 9.63. The van der Waals surface area contributed by atoms with E-state index < -0.39 is 12.0 Å². The number of aliphatic carboxylic acids is 1. The van der Waals surface area contributed by atoms with Crippen molar-refractivity contribution in [2.24, 2.45) is 0 Å². The molecular formula is C12H12N4O4. The van der Waals surface area contributed by atoms with Crippen LogP contribution in [-0.4, -0.2) is 27.2 Å². The molecule has 20 heavy (non-hydrogen) atoms. The number of nitrogens with one attached hydrogen (secondary N) is 2. The van der Waals surface area contributed by atoms with E-state index in [-0.39, 0.29) is 13.0 Å². The van der Waals surface area contributed by atoms with Crippen LogP contribution < -0.4 is 10.6 Å². The summed E-state index contributed by atoms with van der Waals surface area (Å²) in [6.45, 7) is 0.136. The molecule has 1 aromatic carbocycles.